The highest BCUT2D eigenvalue weighted by Gasteiger charge is 2.27. The number of nitrogens with zero attached hydrogens (tertiary/aromatic N) is 2. The van der Waals surface area contributed by atoms with Crippen LogP contribution in [0.3, 0.4) is 0 Å². The molecule has 0 spiro atoms. The second-order valence-corrected chi connectivity index (χ2v) is 4.91. The van der Waals surface area contributed by atoms with E-state index < -0.39 is 0 Å². The van der Waals surface area contributed by atoms with E-state index in [1.165, 1.54) is 0 Å². The molecule has 2 heterocycles. The molecular formula is C10H14N2OS2. The first kappa shape index (κ1) is 11.0. The minimum absolute atomic E-state index is 0.268. The van der Waals surface area contributed by atoms with Gasteiger partial charge in [-0.25, -0.2) is 4.98 Å². The van der Waals surface area contributed by atoms with E-state index in [0.717, 1.165) is 31.0 Å². The van der Waals surface area contributed by atoms with Gasteiger partial charge in [-0.1, -0.05) is 0 Å². The van der Waals surface area contributed by atoms with Gasteiger partial charge in [-0.3, -0.25) is 4.79 Å². The molecule has 0 bridgehead atoms. The molecule has 1 unspecified atom stereocenters. The Morgan fingerprint density at radius 1 is 1.67 bits per heavy atom. The summed E-state index contributed by atoms with van der Waals surface area (Å²) in [6.07, 6.45) is 1.54. The van der Waals surface area contributed by atoms with Crippen molar-refractivity contribution < 1.29 is 4.79 Å². The van der Waals surface area contributed by atoms with Crippen LogP contribution in [0.5, 0.6) is 0 Å². The van der Waals surface area contributed by atoms with Gasteiger partial charge >= 0.3 is 0 Å². The zero-order chi connectivity index (χ0) is 10.7. The number of hydrogen-bond donors (Lipinski definition) is 1. The number of thiazole rings is 1. The van der Waals surface area contributed by atoms with Crippen LogP contribution in [-0.2, 0) is 11.2 Å². The monoisotopic (exact) mass is 242 g/mol. The molecule has 2 rings (SSSR count). The molecule has 0 aliphatic carbocycles. The van der Waals surface area contributed by atoms with Gasteiger partial charge in [0.2, 0.25) is 5.91 Å². The number of rotatable bonds is 4. The molecule has 1 fully saturated rings. The normalized spacial score (nSPS) is 21.3. The predicted molar refractivity (Wildman–Crippen MR) is 64.4 cm³/mol. The maximum absolute atomic E-state index is 11.6. The van der Waals surface area contributed by atoms with Crippen LogP contribution < -0.4 is 0 Å². The van der Waals surface area contributed by atoms with E-state index in [1.807, 2.05) is 15.8 Å². The first-order valence-electron chi connectivity index (χ1n) is 5.05. The van der Waals surface area contributed by atoms with Crippen molar-refractivity contribution in [3.05, 3.63) is 16.6 Å². The van der Waals surface area contributed by atoms with Gasteiger partial charge in [0.25, 0.3) is 0 Å². The number of hydrogen-bond acceptors (Lipinski definition) is 4. The number of likely N-dealkylation sites (tertiary alicyclic amines) is 1. The van der Waals surface area contributed by atoms with E-state index in [0.29, 0.717) is 12.3 Å². The van der Waals surface area contributed by atoms with E-state index in [1.54, 1.807) is 11.3 Å². The lowest BCUT2D eigenvalue weighted by molar-refractivity contribution is -0.127. The lowest BCUT2D eigenvalue weighted by Gasteiger charge is -2.15. The lowest BCUT2D eigenvalue weighted by Crippen LogP contribution is -2.27. The van der Waals surface area contributed by atoms with Gasteiger partial charge in [0.1, 0.15) is 0 Å². The Morgan fingerprint density at radius 3 is 3.13 bits per heavy atom. The third-order valence-electron chi connectivity index (χ3n) is 2.67. The molecule has 0 aromatic carbocycles. The molecule has 1 aliphatic rings. The van der Waals surface area contributed by atoms with Crippen molar-refractivity contribution in [1.29, 1.82) is 0 Å². The van der Waals surface area contributed by atoms with Crippen molar-refractivity contribution in [1.82, 2.24) is 9.88 Å². The quantitative estimate of drug-likeness (QED) is 0.811. The van der Waals surface area contributed by atoms with Gasteiger partial charge in [0.05, 0.1) is 11.2 Å². The van der Waals surface area contributed by atoms with Gasteiger partial charge in [0, 0.05) is 31.3 Å². The molecular weight excluding hydrogens is 228 g/mol. The van der Waals surface area contributed by atoms with Gasteiger partial charge in [0.15, 0.2) is 0 Å². The zero-order valence-electron chi connectivity index (χ0n) is 8.43. The van der Waals surface area contributed by atoms with E-state index >= 15 is 0 Å². The molecule has 0 N–H and O–H groups in total. The Bertz CT molecular complexity index is 326. The van der Waals surface area contributed by atoms with Crippen molar-refractivity contribution in [2.24, 2.45) is 5.92 Å². The average Bonchev–Trinajstić information content (AvgIpc) is 2.84. The lowest BCUT2D eigenvalue weighted by atomic mass is 10.1. The molecule has 1 saturated heterocycles. The zero-order valence-corrected chi connectivity index (χ0v) is 10.1. The fourth-order valence-electron chi connectivity index (χ4n) is 1.80. The Balaban J connectivity index is 1.83. The van der Waals surface area contributed by atoms with Gasteiger partial charge < -0.3 is 4.90 Å². The summed E-state index contributed by atoms with van der Waals surface area (Å²) in [6, 6.07) is 0. The Labute approximate surface area is 98.9 Å². The highest BCUT2D eigenvalue weighted by Crippen LogP contribution is 2.19. The third-order valence-corrected chi connectivity index (χ3v) is 3.83. The summed E-state index contributed by atoms with van der Waals surface area (Å²) in [5, 5.41) is 2.04. The molecule has 1 aliphatic heterocycles. The van der Waals surface area contributed by atoms with Crippen LogP contribution in [0.1, 0.15) is 12.1 Å². The van der Waals surface area contributed by atoms with Crippen LogP contribution in [0.25, 0.3) is 0 Å². The first-order chi connectivity index (χ1) is 7.29. The van der Waals surface area contributed by atoms with Gasteiger partial charge in [-0.2, -0.15) is 12.6 Å². The van der Waals surface area contributed by atoms with Crippen molar-refractivity contribution in [2.75, 3.05) is 18.8 Å². The fraction of sp³-hybridized carbons (Fsp3) is 0.600. The summed E-state index contributed by atoms with van der Waals surface area (Å²) in [4.78, 5) is 17.7. The standard InChI is InChI=1S/C10H14N2OS2/c13-10-3-8(5-14)4-12(10)2-1-9-6-15-7-11-9/h6-8,14H,1-5H2. The van der Waals surface area contributed by atoms with E-state index in [4.69, 9.17) is 0 Å². The highest BCUT2D eigenvalue weighted by molar-refractivity contribution is 7.80. The summed E-state index contributed by atoms with van der Waals surface area (Å²) < 4.78 is 0. The van der Waals surface area contributed by atoms with Crippen molar-refractivity contribution in [2.45, 2.75) is 12.8 Å². The summed E-state index contributed by atoms with van der Waals surface area (Å²) in [7, 11) is 0. The molecule has 0 radical (unpaired) electrons. The van der Waals surface area contributed by atoms with Crippen LogP contribution in [0.4, 0.5) is 0 Å². The SMILES string of the molecule is O=C1CC(CS)CN1CCc1cscn1. The number of aromatic nitrogens is 1. The van der Waals surface area contributed by atoms with Crippen molar-refractivity contribution >= 4 is 29.9 Å². The predicted octanol–water partition coefficient (Wildman–Crippen LogP) is 1.46. The summed E-state index contributed by atoms with van der Waals surface area (Å²) in [6.45, 7) is 1.67. The van der Waals surface area contributed by atoms with Crippen molar-refractivity contribution in [3.8, 4) is 0 Å². The molecule has 15 heavy (non-hydrogen) atoms. The van der Waals surface area contributed by atoms with Crippen LogP contribution in [-0.4, -0.2) is 34.6 Å². The van der Waals surface area contributed by atoms with Gasteiger partial charge in [-0.15, -0.1) is 11.3 Å². The molecule has 82 valence electrons. The molecule has 3 nitrogen and oxygen atoms in total. The van der Waals surface area contributed by atoms with Crippen LogP contribution in [0.2, 0.25) is 0 Å². The van der Waals surface area contributed by atoms with Crippen molar-refractivity contribution in [3.63, 3.8) is 0 Å². The molecule has 1 aromatic rings. The second kappa shape index (κ2) is 4.99. The molecule has 1 atom stereocenters. The Hall–Kier alpha value is -0.550. The maximum atomic E-state index is 11.6. The molecule has 0 saturated carbocycles. The minimum Gasteiger partial charge on any atom is -0.342 e. The van der Waals surface area contributed by atoms with Crippen LogP contribution in [0, 0.1) is 5.92 Å². The maximum Gasteiger partial charge on any atom is 0.222 e. The Kier molecular flexibility index (Phi) is 3.64. The average molecular weight is 242 g/mol. The molecule has 5 heteroatoms. The topological polar surface area (TPSA) is 33.2 Å². The smallest absolute Gasteiger partial charge is 0.222 e. The summed E-state index contributed by atoms with van der Waals surface area (Å²) in [5.74, 6) is 1.51. The first-order valence-corrected chi connectivity index (χ1v) is 6.63. The number of amides is 1. The third kappa shape index (κ3) is 2.72. The summed E-state index contributed by atoms with van der Waals surface area (Å²) in [5.41, 5.74) is 2.92. The highest BCUT2D eigenvalue weighted by atomic mass is 32.1. The molecule has 1 aromatic heterocycles. The Morgan fingerprint density at radius 2 is 2.53 bits per heavy atom. The van der Waals surface area contributed by atoms with E-state index in [-0.39, 0.29) is 5.91 Å². The van der Waals surface area contributed by atoms with Crippen LogP contribution in [0.15, 0.2) is 10.9 Å². The number of carbonyl (C=O) groups excluding carboxylic acids is 1. The van der Waals surface area contributed by atoms with Crippen LogP contribution >= 0.6 is 24.0 Å². The second-order valence-electron chi connectivity index (χ2n) is 3.82. The van der Waals surface area contributed by atoms with Gasteiger partial charge in [-0.05, 0) is 11.7 Å². The summed E-state index contributed by atoms with van der Waals surface area (Å²) >= 11 is 5.84. The minimum atomic E-state index is 0.268. The largest absolute Gasteiger partial charge is 0.342 e. The number of thiol groups is 1. The molecule has 1 amide bonds. The fourth-order valence-corrected chi connectivity index (χ4v) is 2.64. The van der Waals surface area contributed by atoms with E-state index in [9.17, 15) is 4.79 Å². The van der Waals surface area contributed by atoms with E-state index in [2.05, 4.69) is 17.6 Å². The number of carbonyl (C=O) groups is 1.